The van der Waals surface area contributed by atoms with Gasteiger partial charge in [0.2, 0.25) is 0 Å². The van der Waals surface area contributed by atoms with Crippen LogP contribution in [0.2, 0.25) is 0 Å². The van der Waals surface area contributed by atoms with Crippen molar-refractivity contribution in [3.63, 3.8) is 0 Å². The molecule has 1 aromatic heterocycles. The number of hydrogen-bond acceptors (Lipinski definition) is 3. The number of ether oxygens (including phenoxy) is 1. The molecule has 2 heterocycles. The molecule has 1 aliphatic heterocycles. The number of aryl methyl sites for hydroxylation is 1. The van der Waals surface area contributed by atoms with Crippen LogP contribution in [0, 0.1) is 19.3 Å². The van der Waals surface area contributed by atoms with Crippen molar-refractivity contribution in [2.24, 2.45) is 5.41 Å². The number of aliphatic hydroxyl groups excluding tert-OH is 1. The zero-order valence-electron chi connectivity index (χ0n) is 15.6. The average Bonchev–Trinajstić information content (AvgIpc) is 3.39. The molecule has 0 radical (unpaired) electrons. The molecule has 4 rings (SSSR count). The van der Waals surface area contributed by atoms with Gasteiger partial charge in [-0.3, -0.25) is 4.79 Å². The maximum atomic E-state index is 13.1. The highest BCUT2D eigenvalue weighted by Gasteiger charge is 2.56. The molecule has 2 atom stereocenters. The second-order valence-corrected chi connectivity index (χ2v) is 8.11. The van der Waals surface area contributed by atoms with Gasteiger partial charge in [-0.1, -0.05) is 0 Å². The van der Waals surface area contributed by atoms with Crippen LogP contribution >= 0.6 is 0 Å². The zero-order chi connectivity index (χ0) is 17.8. The van der Waals surface area contributed by atoms with Crippen LogP contribution in [-0.4, -0.2) is 52.4 Å². The van der Waals surface area contributed by atoms with Crippen molar-refractivity contribution in [3.8, 4) is 0 Å². The van der Waals surface area contributed by atoms with Crippen molar-refractivity contribution < 1.29 is 14.6 Å². The lowest BCUT2D eigenvalue weighted by Crippen LogP contribution is -2.62. The van der Waals surface area contributed by atoms with Crippen LogP contribution < -0.4 is 0 Å². The highest BCUT2D eigenvalue weighted by atomic mass is 16.5. The Morgan fingerprint density at radius 3 is 2.56 bits per heavy atom. The molecule has 1 aromatic rings. The zero-order valence-corrected chi connectivity index (χ0v) is 15.6. The summed E-state index contributed by atoms with van der Waals surface area (Å²) in [6.45, 7) is 8.30. The molecule has 1 saturated heterocycles. The Morgan fingerprint density at radius 1 is 1.32 bits per heavy atom. The number of piperidine rings is 1. The van der Waals surface area contributed by atoms with Crippen LogP contribution in [0.3, 0.4) is 0 Å². The summed E-state index contributed by atoms with van der Waals surface area (Å²) in [5, 5.41) is 10.3. The predicted octanol–water partition coefficient (Wildman–Crippen LogP) is 2.83. The van der Waals surface area contributed by atoms with Crippen LogP contribution in [0.4, 0.5) is 0 Å². The van der Waals surface area contributed by atoms with E-state index in [0.717, 1.165) is 30.5 Å². The Bertz CT molecular complexity index is 667. The molecule has 5 nitrogen and oxygen atoms in total. The Balaban J connectivity index is 1.46. The fraction of sp³-hybridized carbons (Fsp3) is 0.750. The van der Waals surface area contributed by atoms with Crippen molar-refractivity contribution in [1.82, 2.24) is 9.47 Å². The van der Waals surface area contributed by atoms with E-state index in [2.05, 4.69) is 24.5 Å². The fourth-order valence-electron chi connectivity index (χ4n) is 5.00. The Labute approximate surface area is 150 Å². The van der Waals surface area contributed by atoms with Gasteiger partial charge in [0.15, 0.2) is 0 Å². The first-order valence-corrected chi connectivity index (χ1v) is 9.75. The monoisotopic (exact) mass is 346 g/mol. The first-order valence-electron chi connectivity index (χ1n) is 9.75. The third kappa shape index (κ3) is 2.63. The van der Waals surface area contributed by atoms with Gasteiger partial charge in [-0.15, -0.1) is 0 Å². The van der Waals surface area contributed by atoms with E-state index in [1.165, 1.54) is 18.5 Å². The molecule has 0 aromatic carbocycles. The van der Waals surface area contributed by atoms with Crippen molar-refractivity contribution in [1.29, 1.82) is 0 Å². The SMILES string of the molecule is CCO[C@@H]1C[C@H](O)C12CCN(C(=O)c1cc(C)n(C3CC3)c1C)CC2. The number of aliphatic hydroxyl groups is 1. The van der Waals surface area contributed by atoms with Gasteiger partial charge in [-0.25, -0.2) is 0 Å². The molecular weight excluding hydrogens is 316 g/mol. The molecule has 1 amide bonds. The largest absolute Gasteiger partial charge is 0.392 e. The molecular formula is C20H30N2O3. The number of amides is 1. The third-order valence-corrected chi connectivity index (χ3v) is 6.72. The molecule has 1 spiro atoms. The maximum Gasteiger partial charge on any atom is 0.255 e. The summed E-state index contributed by atoms with van der Waals surface area (Å²) < 4.78 is 8.16. The molecule has 25 heavy (non-hydrogen) atoms. The molecule has 1 N–H and O–H groups in total. The van der Waals surface area contributed by atoms with Gasteiger partial charge in [0.1, 0.15) is 0 Å². The second kappa shape index (κ2) is 6.13. The van der Waals surface area contributed by atoms with Crippen molar-refractivity contribution >= 4 is 5.91 Å². The van der Waals surface area contributed by atoms with Crippen LogP contribution in [-0.2, 0) is 4.74 Å². The number of hydrogen-bond donors (Lipinski definition) is 1. The summed E-state index contributed by atoms with van der Waals surface area (Å²) in [5.41, 5.74) is 3.04. The van der Waals surface area contributed by atoms with Gasteiger partial charge in [0.25, 0.3) is 5.91 Å². The van der Waals surface area contributed by atoms with Gasteiger partial charge < -0.3 is 19.3 Å². The van der Waals surface area contributed by atoms with Gasteiger partial charge in [0.05, 0.1) is 17.8 Å². The molecule has 138 valence electrons. The summed E-state index contributed by atoms with van der Waals surface area (Å²) in [4.78, 5) is 15.0. The minimum atomic E-state index is -0.277. The van der Waals surface area contributed by atoms with Crippen LogP contribution in [0.25, 0.3) is 0 Å². The lowest BCUT2D eigenvalue weighted by Gasteiger charge is -2.56. The molecule has 3 aliphatic rings. The molecule has 0 unspecified atom stereocenters. The number of carbonyl (C=O) groups is 1. The van der Waals surface area contributed by atoms with E-state index in [0.29, 0.717) is 25.7 Å². The van der Waals surface area contributed by atoms with Crippen molar-refractivity contribution in [2.45, 2.75) is 71.1 Å². The molecule has 0 bridgehead atoms. The predicted molar refractivity (Wildman–Crippen MR) is 95.8 cm³/mol. The maximum absolute atomic E-state index is 13.1. The van der Waals surface area contributed by atoms with Gasteiger partial charge >= 0.3 is 0 Å². The van der Waals surface area contributed by atoms with Crippen LogP contribution in [0.1, 0.15) is 66.8 Å². The molecule has 2 aliphatic carbocycles. The second-order valence-electron chi connectivity index (χ2n) is 8.11. The first-order chi connectivity index (χ1) is 12.0. The minimum Gasteiger partial charge on any atom is -0.392 e. The topological polar surface area (TPSA) is 54.7 Å². The Kier molecular flexibility index (Phi) is 4.19. The standard InChI is InChI=1S/C20H30N2O3/c1-4-25-18-12-17(23)20(18)7-9-21(10-8-20)19(24)16-11-13(2)22(14(16)3)15-5-6-15/h11,15,17-18,23H,4-10,12H2,1-3H3/t17-,18+/m0/s1. The summed E-state index contributed by atoms with van der Waals surface area (Å²) in [5.74, 6) is 0.150. The molecule has 5 heteroatoms. The lowest BCUT2D eigenvalue weighted by atomic mass is 9.58. The number of carbonyl (C=O) groups excluding carboxylic acids is 1. The van der Waals surface area contributed by atoms with E-state index in [1.807, 2.05) is 11.8 Å². The first kappa shape index (κ1) is 17.1. The highest BCUT2D eigenvalue weighted by Crippen LogP contribution is 2.51. The Morgan fingerprint density at radius 2 is 2.00 bits per heavy atom. The number of aromatic nitrogens is 1. The van der Waals surface area contributed by atoms with Crippen molar-refractivity contribution in [2.75, 3.05) is 19.7 Å². The van der Waals surface area contributed by atoms with Crippen molar-refractivity contribution in [3.05, 3.63) is 23.0 Å². The number of rotatable bonds is 4. The van der Waals surface area contributed by atoms with E-state index < -0.39 is 0 Å². The fourth-order valence-corrected chi connectivity index (χ4v) is 5.00. The van der Waals surface area contributed by atoms with E-state index in [4.69, 9.17) is 4.74 Å². The van der Waals surface area contributed by atoms with Gasteiger partial charge in [-0.05, 0) is 52.5 Å². The third-order valence-electron chi connectivity index (χ3n) is 6.72. The van der Waals surface area contributed by atoms with Crippen LogP contribution in [0.5, 0.6) is 0 Å². The van der Waals surface area contributed by atoms with Gasteiger partial charge in [0, 0.05) is 49.0 Å². The van der Waals surface area contributed by atoms with E-state index in [-0.39, 0.29) is 23.5 Å². The summed E-state index contributed by atoms with van der Waals surface area (Å²) >= 11 is 0. The number of nitrogens with zero attached hydrogens (tertiary/aromatic N) is 2. The normalized spacial score (nSPS) is 28.2. The summed E-state index contributed by atoms with van der Waals surface area (Å²) in [6.07, 6.45) is 4.76. The average molecular weight is 346 g/mol. The number of likely N-dealkylation sites (tertiary alicyclic amines) is 1. The molecule has 3 fully saturated rings. The van der Waals surface area contributed by atoms with Crippen LogP contribution in [0.15, 0.2) is 6.07 Å². The van der Waals surface area contributed by atoms with Gasteiger partial charge in [-0.2, -0.15) is 0 Å². The molecule has 2 saturated carbocycles. The Hall–Kier alpha value is -1.33. The lowest BCUT2D eigenvalue weighted by molar-refractivity contribution is -0.207. The summed E-state index contributed by atoms with van der Waals surface area (Å²) in [6, 6.07) is 2.66. The quantitative estimate of drug-likeness (QED) is 0.912. The van der Waals surface area contributed by atoms with E-state index >= 15 is 0 Å². The summed E-state index contributed by atoms with van der Waals surface area (Å²) in [7, 11) is 0. The smallest absolute Gasteiger partial charge is 0.255 e. The van der Waals surface area contributed by atoms with E-state index in [9.17, 15) is 9.90 Å². The van der Waals surface area contributed by atoms with E-state index in [1.54, 1.807) is 0 Å². The minimum absolute atomic E-state index is 0.127. The highest BCUT2D eigenvalue weighted by molar-refractivity contribution is 5.95.